The number of nitrogens with zero attached hydrogens (tertiary/aromatic N) is 2. The smallest absolute Gasteiger partial charge is 0.249 e. The maximum atomic E-state index is 13.8. The van der Waals surface area contributed by atoms with Crippen molar-refractivity contribution in [3.8, 4) is 0 Å². The lowest BCUT2D eigenvalue weighted by atomic mass is 9.94. The highest BCUT2D eigenvalue weighted by molar-refractivity contribution is 7.89. The van der Waals surface area contributed by atoms with E-state index >= 15 is 0 Å². The standard InChI is InChI=1S/C16H22F2N2O2S/c17-14-7-4-8-15(18)16(14)23(21,22)20-11-9-19(10-12-20)13-5-2-1-3-6-13/h4,7-8,13H,1-3,5-6,9-12H2. The molecule has 4 nitrogen and oxygen atoms in total. The van der Waals surface area contributed by atoms with Crippen molar-refractivity contribution in [2.75, 3.05) is 26.2 Å². The number of rotatable bonds is 3. The van der Waals surface area contributed by atoms with Crippen LogP contribution in [0.25, 0.3) is 0 Å². The third-order valence-electron chi connectivity index (χ3n) is 4.88. The first-order valence-electron chi connectivity index (χ1n) is 8.18. The zero-order valence-corrected chi connectivity index (χ0v) is 13.9. The molecule has 0 amide bonds. The Balaban J connectivity index is 1.71. The molecule has 1 saturated heterocycles. The van der Waals surface area contributed by atoms with Crippen molar-refractivity contribution < 1.29 is 17.2 Å². The van der Waals surface area contributed by atoms with Gasteiger partial charge in [-0.05, 0) is 25.0 Å². The van der Waals surface area contributed by atoms with Crippen LogP contribution >= 0.6 is 0 Å². The van der Waals surface area contributed by atoms with Crippen LogP contribution < -0.4 is 0 Å². The molecule has 1 aromatic carbocycles. The van der Waals surface area contributed by atoms with Gasteiger partial charge in [0.2, 0.25) is 10.0 Å². The summed E-state index contributed by atoms with van der Waals surface area (Å²) in [6.45, 7) is 1.82. The van der Waals surface area contributed by atoms with Crippen molar-refractivity contribution >= 4 is 10.0 Å². The molecule has 1 heterocycles. The minimum absolute atomic E-state index is 0.284. The second-order valence-corrected chi connectivity index (χ2v) is 8.16. The number of piperazine rings is 1. The molecule has 23 heavy (non-hydrogen) atoms. The number of sulfonamides is 1. The first-order chi connectivity index (χ1) is 11.0. The second-order valence-electron chi connectivity index (χ2n) is 6.28. The normalized spacial score (nSPS) is 22.3. The summed E-state index contributed by atoms with van der Waals surface area (Å²) in [7, 11) is -4.12. The molecule has 1 aliphatic heterocycles. The van der Waals surface area contributed by atoms with Gasteiger partial charge in [0.15, 0.2) is 4.90 Å². The lowest BCUT2D eigenvalue weighted by molar-refractivity contribution is 0.111. The van der Waals surface area contributed by atoms with Crippen LogP contribution in [0, 0.1) is 11.6 Å². The average Bonchev–Trinajstić information content (AvgIpc) is 2.55. The topological polar surface area (TPSA) is 40.6 Å². The minimum atomic E-state index is -4.12. The van der Waals surface area contributed by atoms with E-state index in [0.717, 1.165) is 25.0 Å². The highest BCUT2D eigenvalue weighted by Gasteiger charge is 2.34. The molecule has 0 atom stereocenters. The highest BCUT2D eigenvalue weighted by atomic mass is 32.2. The van der Waals surface area contributed by atoms with E-state index in [-0.39, 0.29) is 13.1 Å². The van der Waals surface area contributed by atoms with Crippen LogP contribution in [0.15, 0.2) is 23.1 Å². The van der Waals surface area contributed by atoms with E-state index in [4.69, 9.17) is 0 Å². The molecule has 2 fully saturated rings. The van der Waals surface area contributed by atoms with E-state index in [2.05, 4.69) is 4.90 Å². The Kier molecular flexibility index (Phi) is 4.98. The summed E-state index contributed by atoms with van der Waals surface area (Å²) in [6.07, 6.45) is 6.05. The van der Waals surface area contributed by atoms with Crippen LogP contribution in [-0.4, -0.2) is 49.8 Å². The number of benzene rings is 1. The Morgan fingerprint density at radius 2 is 1.48 bits per heavy atom. The predicted octanol–water partition coefficient (Wildman–Crippen LogP) is 2.60. The van der Waals surface area contributed by atoms with Crippen molar-refractivity contribution in [2.24, 2.45) is 0 Å². The van der Waals surface area contributed by atoms with E-state index in [1.165, 1.54) is 29.6 Å². The van der Waals surface area contributed by atoms with Gasteiger partial charge < -0.3 is 0 Å². The summed E-state index contributed by atoms with van der Waals surface area (Å²) in [5.41, 5.74) is 0. The first kappa shape index (κ1) is 16.8. The van der Waals surface area contributed by atoms with Crippen LogP contribution in [-0.2, 0) is 10.0 Å². The van der Waals surface area contributed by atoms with Crippen LogP contribution in [0.3, 0.4) is 0 Å². The Morgan fingerprint density at radius 3 is 2.04 bits per heavy atom. The molecule has 0 radical (unpaired) electrons. The van der Waals surface area contributed by atoms with Crippen molar-refractivity contribution in [1.82, 2.24) is 9.21 Å². The summed E-state index contributed by atoms with van der Waals surface area (Å²) in [5, 5.41) is 0. The third kappa shape index (κ3) is 3.41. The van der Waals surface area contributed by atoms with Crippen molar-refractivity contribution in [1.29, 1.82) is 0 Å². The molecular weight excluding hydrogens is 322 g/mol. The zero-order chi connectivity index (χ0) is 16.4. The van der Waals surface area contributed by atoms with Gasteiger partial charge in [0, 0.05) is 32.2 Å². The quantitative estimate of drug-likeness (QED) is 0.846. The Bertz CT molecular complexity index is 632. The van der Waals surface area contributed by atoms with E-state index in [1.807, 2.05) is 0 Å². The van der Waals surface area contributed by atoms with Gasteiger partial charge in [0.25, 0.3) is 0 Å². The molecule has 2 aliphatic rings. The molecule has 0 bridgehead atoms. The largest absolute Gasteiger partial charge is 0.298 e. The molecule has 0 N–H and O–H groups in total. The molecule has 128 valence electrons. The Hall–Kier alpha value is -1.05. The SMILES string of the molecule is O=S(=O)(c1c(F)cccc1F)N1CCN(C2CCCCC2)CC1. The molecule has 1 aromatic rings. The molecule has 1 aliphatic carbocycles. The molecule has 7 heteroatoms. The predicted molar refractivity (Wildman–Crippen MR) is 83.6 cm³/mol. The molecule has 0 aromatic heterocycles. The number of hydrogen-bond acceptors (Lipinski definition) is 3. The van der Waals surface area contributed by atoms with Gasteiger partial charge in [-0.2, -0.15) is 4.31 Å². The fraction of sp³-hybridized carbons (Fsp3) is 0.625. The fourth-order valence-corrected chi connectivity index (χ4v) is 5.14. The number of hydrogen-bond donors (Lipinski definition) is 0. The Morgan fingerprint density at radius 1 is 0.913 bits per heavy atom. The van der Waals surface area contributed by atoms with Crippen LogP contribution in [0.1, 0.15) is 32.1 Å². The average molecular weight is 344 g/mol. The van der Waals surface area contributed by atoms with Gasteiger partial charge in [0.1, 0.15) is 11.6 Å². The number of halogens is 2. The maximum Gasteiger partial charge on any atom is 0.249 e. The monoisotopic (exact) mass is 344 g/mol. The first-order valence-corrected chi connectivity index (χ1v) is 9.62. The van der Waals surface area contributed by atoms with Gasteiger partial charge in [-0.3, -0.25) is 4.90 Å². The van der Waals surface area contributed by atoms with Crippen molar-refractivity contribution in [2.45, 2.75) is 43.0 Å². The summed E-state index contributed by atoms with van der Waals surface area (Å²) in [5.74, 6) is -2.06. The van der Waals surface area contributed by atoms with Crippen LogP contribution in [0.4, 0.5) is 8.78 Å². The van der Waals surface area contributed by atoms with Gasteiger partial charge in [0.05, 0.1) is 0 Å². The summed E-state index contributed by atoms with van der Waals surface area (Å²) >= 11 is 0. The molecule has 0 unspecified atom stereocenters. The third-order valence-corrected chi connectivity index (χ3v) is 6.83. The lowest BCUT2D eigenvalue weighted by Gasteiger charge is -2.40. The fourth-order valence-electron chi connectivity index (χ4n) is 3.61. The molecular formula is C16H22F2N2O2S. The van der Waals surface area contributed by atoms with Crippen molar-refractivity contribution in [3.63, 3.8) is 0 Å². The van der Waals surface area contributed by atoms with Crippen LogP contribution in [0.5, 0.6) is 0 Å². The van der Waals surface area contributed by atoms with E-state index in [9.17, 15) is 17.2 Å². The van der Waals surface area contributed by atoms with E-state index in [1.54, 1.807) is 0 Å². The molecule has 1 saturated carbocycles. The Labute approximate surface area is 136 Å². The van der Waals surface area contributed by atoms with Gasteiger partial charge in [-0.15, -0.1) is 0 Å². The maximum absolute atomic E-state index is 13.8. The zero-order valence-electron chi connectivity index (χ0n) is 13.0. The summed E-state index contributed by atoms with van der Waals surface area (Å²) in [4.78, 5) is 1.49. The van der Waals surface area contributed by atoms with Crippen LogP contribution in [0.2, 0.25) is 0 Å². The van der Waals surface area contributed by atoms with Gasteiger partial charge in [-0.25, -0.2) is 17.2 Å². The van der Waals surface area contributed by atoms with E-state index in [0.29, 0.717) is 19.1 Å². The van der Waals surface area contributed by atoms with Crippen molar-refractivity contribution in [3.05, 3.63) is 29.8 Å². The second kappa shape index (κ2) is 6.83. The molecule has 0 spiro atoms. The summed E-state index contributed by atoms with van der Waals surface area (Å²) in [6, 6.07) is 3.66. The minimum Gasteiger partial charge on any atom is -0.298 e. The van der Waals surface area contributed by atoms with Gasteiger partial charge in [-0.1, -0.05) is 25.3 Å². The summed E-state index contributed by atoms with van der Waals surface area (Å²) < 4.78 is 53.9. The van der Waals surface area contributed by atoms with E-state index < -0.39 is 26.6 Å². The van der Waals surface area contributed by atoms with Gasteiger partial charge >= 0.3 is 0 Å². The highest BCUT2D eigenvalue weighted by Crippen LogP contribution is 2.26. The lowest BCUT2D eigenvalue weighted by Crippen LogP contribution is -2.52. The molecule has 3 rings (SSSR count).